The van der Waals surface area contributed by atoms with E-state index in [1.807, 2.05) is 30.3 Å². The molecule has 19 heavy (non-hydrogen) atoms. The number of hydrogen-bond acceptors (Lipinski definition) is 3. The largest absolute Gasteiger partial charge is 0.465 e. The second kappa shape index (κ2) is 5.54. The van der Waals surface area contributed by atoms with E-state index in [-0.39, 0.29) is 25.4 Å². The van der Waals surface area contributed by atoms with Crippen LogP contribution < -0.4 is 4.74 Å². The molecule has 0 saturated carbocycles. The molecule has 2 aromatic carbocycles. The van der Waals surface area contributed by atoms with Crippen LogP contribution in [0.15, 0.2) is 42.5 Å². The number of esters is 1. The predicted octanol–water partition coefficient (Wildman–Crippen LogP) is 3.17. The molecule has 0 spiro atoms. The Balaban J connectivity index is 0.00000133. The average Bonchev–Trinajstić information content (AvgIpc) is 2.43. The summed E-state index contributed by atoms with van der Waals surface area (Å²) < 4.78 is 10.6. The van der Waals surface area contributed by atoms with Crippen molar-refractivity contribution in [3.05, 3.63) is 59.2 Å². The van der Waals surface area contributed by atoms with Crippen molar-refractivity contribution in [3.8, 4) is 11.5 Å². The van der Waals surface area contributed by atoms with Gasteiger partial charge in [-0.15, -0.1) is 0 Å². The molecule has 1 aliphatic rings. The first-order chi connectivity index (χ1) is 8.79. The van der Waals surface area contributed by atoms with Gasteiger partial charge in [0.1, 0.15) is 11.5 Å². The van der Waals surface area contributed by atoms with E-state index in [1.165, 1.54) is 7.11 Å². The van der Waals surface area contributed by atoms with E-state index in [0.29, 0.717) is 12.0 Å². The number of hydrogen-bond donors (Lipinski definition) is 0. The van der Waals surface area contributed by atoms with Crippen LogP contribution in [0.5, 0.6) is 11.5 Å². The van der Waals surface area contributed by atoms with Gasteiger partial charge in [-0.1, -0.05) is 24.3 Å². The molecule has 0 aliphatic carbocycles. The molecule has 0 amide bonds. The van der Waals surface area contributed by atoms with Gasteiger partial charge >= 0.3 is 5.97 Å². The summed E-state index contributed by atoms with van der Waals surface area (Å²) in [6.07, 6.45) is 0.691. The van der Waals surface area contributed by atoms with Gasteiger partial charge in [0.25, 0.3) is 0 Å². The van der Waals surface area contributed by atoms with Crippen molar-refractivity contribution in [2.45, 2.75) is 6.42 Å². The van der Waals surface area contributed by atoms with Crippen LogP contribution in [0.4, 0.5) is 0 Å². The second-order valence-electron chi connectivity index (χ2n) is 4.16. The standard InChI is InChI=1S/C15H12O3.Zn/c1-17-15(16)11-6-4-8-14-12(11)9-10-5-2-3-7-13(10)18-14;/h2-8H,9H2,1H3;. The van der Waals surface area contributed by atoms with E-state index in [4.69, 9.17) is 9.47 Å². The minimum atomic E-state index is -0.324. The molecule has 0 unspecified atom stereocenters. The Morgan fingerprint density at radius 2 is 1.84 bits per heavy atom. The summed E-state index contributed by atoms with van der Waals surface area (Å²) in [6.45, 7) is 0. The number of ether oxygens (including phenoxy) is 2. The summed E-state index contributed by atoms with van der Waals surface area (Å²) in [4.78, 5) is 11.7. The van der Waals surface area contributed by atoms with Crippen LogP contribution in [0.3, 0.4) is 0 Å². The summed E-state index contributed by atoms with van der Waals surface area (Å²) in [5.74, 6) is 1.26. The Bertz CT molecular complexity index is 623. The molecule has 2 aromatic rings. The Morgan fingerprint density at radius 1 is 1.11 bits per heavy atom. The molecule has 3 nitrogen and oxygen atoms in total. The summed E-state index contributed by atoms with van der Waals surface area (Å²) in [7, 11) is 1.39. The second-order valence-corrected chi connectivity index (χ2v) is 4.16. The van der Waals surface area contributed by atoms with Gasteiger partial charge in [0.2, 0.25) is 0 Å². The smallest absolute Gasteiger partial charge is 0.338 e. The summed E-state index contributed by atoms with van der Waals surface area (Å²) in [5.41, 5.74) is 2.55. The van der Waals surface area contributed by atoms with E-state index >= 15 is 0 Å². The molecule has 0 aromatic heterocycles. The molecule has 1 heterocycles. The normalized spacial score (nSPS) is 11.4. The van der Waals surface area contributed by atoms with Gasteiger partial charge in [0.05, 0.1) is 12.7 Å². The number of carbonyl (C=O) groups excluding carboxylic acids is 1. The fourth-order valence-electron chi connectivity index (χ4n) is 2.20. The minimum absolute atomic E-state index is 0. The maximum atomic E-state index is 11.7. The first-order valence-corrected chi connectivity index (χ1v) is 5.75. The first kappa shape index (κ1) is 13.8. The fraction of sp³-hybridized carbons (Fsp3) is 0.133. The zero-order valence-corrected chi connectivity index (χ0v) is 13.6. The number of methoxy groups -OCH3 is 1. The molecule has 4 heteroatoms. The van der Waals surface area contributed by atoms with Crippen molar-refractivity contribution >= 4 is 5.97 Å². The molecule has 1 aliphatic heterocycles. The summed E-state index contributed by atoms with van der Waals surface area (Å²) in [6, 6.07) is 13.3. The van der Waals surface area contributed by atoms with Crippen LogP contribution in [0.2, 0.25) is 0 Å². The predicted molar refractivity (Wildman–Crippen MR) is 67.1 cm³/mol. The van der Waals surface area contributed by atoms with Crippen LogP contribution in [0, 0.1) is 0 Å². The van der Waals surface area contributed by atoms with Gasteiger partial charge in [-0.2, -0.15) is 0 Å². The zero-order chi connectivity index (χ0) is 12.5. The third-order valence-corrected chi connectivity index (χ3v) is 3.10. The Labute approximate surface area is 124 Å². The van der Waals surface area contributed by atoms with E-state index in [2.05, 4.69) is 0 Å². The Morgan fingerprint density at radius 3 is 2.63 bits per heavy atom. The Hall–Kier alpha value is -1.67. The molecule has 0 N–H and O–H groups in total. The summed E-state index contributed by atoms with van der Waals surface area (Å²) >= 11 is 0. The van der Waals surface area contributed by atoms with Crippen LogP contribution in [0.1, 0.15) is 21.5 Å². The Kier molecular flexibility index (Phi) is 4.01. The van der Waals surface area contributed by atoms with Gasteiger partial charge in [0, 0.05) is 31.5 Å². The summed E-state index contributed by atoms with van der Waals surface area (Å²) in [5, 5.41) is 0. The van der Waals surface area contributed by atoms with Crippen LogP contribution >= 0.6 is 0 Å². The quantitative estimate of drug-likeness (QED) is 0.512. The molecule has 0 bridgehead atoms. The van der Waals surface area contributed by atoms with Crippen molar-refractivity contribution in [2.75, 3.05) is 7.11 Å². The van der Waals surface area contributed by atoms with E-state index < -0.39 is 0 Å². The van der Waals surface area contributed by atoms with Gasteiger partial charge in [-0.3, -0.25) is 0 Å². The van der Waals surface area contributed by atoms with Crippen molar-refractivity contribution < 1.29 is 33.7 Å². The monoisotopic (exact) mass is 304 g/mol. The molecule has 0 radical (unpaired) electrons. The number of para-hydroxylation sites is 1. The molecule has 0 atom stereocenters. The van der Waals surface area contributed by atoms with Crippen LogP contribution in [-0.2, 0) is 30.6 Å². The van der Waals surface area contributed by atoms with E-state index in [9.17, 15) is 4.79 Å². The molecule has 92 valence electrons. The number of fused-ring (bicyclic) bond motifs is 2. The molecule has 0 fully saturated rings. The van der Waals surface area contributed by atoms with E-state index in [0.717, 1.165) is 22.6 Å². The number of rotatable bonds is 1. The topological polar surface area (TPSA) is 35.5 Å². The first-order valence-electron chi connectivity index (χ1n) is 5.75. The van der Waals surface area contributed by atoms with Crippen molar-refractivity contribution in [3.63, 3.8) is 0 Å². The molecular weight excluding hydrogens is 294 g/mol. The van der Waals surface area contributed by atoms with Gasteiger partial charge in [-0.25, -0.2) is 4.79 Å². The van der Waals surface area contributed by atoms with Crippen molar-refractivity contribution in [1.82, 2.24) is 0 Å². The minimum Gasteiger partial charge on any atom is -0.465 e. The zero-order valence-electron chi connectivity index (χ0n) is 10.7. The number of carbonyl (C=O) groups is 1. The molecule has 0 saturated heterocycles. The average molecular weight is 306 g/mol. The third kappa shape index (κ3) is 2.41. The third-order valence-electron chi connectivity index (χ3n) is 3.10. The van der Waals surface area contributed by atoms with Gasteiger partial charge in [-0.05, 0) is 23.8 Å². The fourth-order valence-corrected chi connectivity index (χ4v) is 2.20. The van der Waals surface area contributed by atoms with Crippen molar-refractivity contribution in [2.24, 2.45) is 0 Å². The van der Waals surface area contributed by atoms with Gasteiger partial charge < -0.3 is 9.47 Å². The molecule has 3 rings (SSSR count). The van der Waals surface area contributed by atoms with Crippen molar-refractivity contribution in [1.29, 1.82) is 0 Å². The van der Waals surface area contributed by atoms with E-state index in [1.54, 1.807) is 12.1 Å². The van der Waals surface area contributed by atoms with Gasteiger partial charge in [0.15, 0.2) is 0 Å². The molecular formula is C15H12O3Zn. The SMILES string of the molecule is COC(=O)c1cccc2c1Cc1ccccc1O2.[Zn]. The number of benzene rings is 2. The maximum absolute atomic E-state index is 11.7. The van der Waals surface area contributed by atoms with Crippen LogP contribution in [-0.4, -0.2) is 13.1 Å². The maximum Gasteiger partial charge on any atom is 0.338 e. The van der Waals surface area contributed by atoms with Crippen LogP contribution in [0.25, 0.3) is 0 Å².